The van der Waals surface area contributed by atoms with Crippen LogP contribution in [0.25, 0.3) is 6.08 Å². The minimum Gasteiger partial charge on any atom is -0.508 e. The van der Waals surface area contributed by atoms with Crippen molar-refractivity contribution in [1.29, 1.82) is 0 Å². The van der Waals surface area contributed by atoms with E-state index in [1.807, 2.05) is 30.3 Å². The van der Waals surface area contributed by atoms with Gasteiger partial charge in [0.2, 0.25) is 0 Å². The van der Waals surface area contributed by atoms with E-state index in [0.717, 1.165) is 29.4 Å². The molecule has 3 aliphatic heterocycles. The number of benzene rings is 3. The summed E-state index contributed by atoms with van der Waals surface area (Å²) in [6.07, 6.45) is 2.87. The van der Waals surface area contributed by atoms with Crippen LogP contribution in [-0.2, 0) is 26.2 Å². The van der Waals surface area contributed by atoms with Gasteiger partial charge in [-0.1, -0.05) is 61.4 Å². The maximum absolute atomic E-state index is 14.8. The number of rotatable bonds is 11. The first-order valence-electron chi connectivity index (χ1n) is 19.9. The van der Waals surface area contributed by atoms with Crippen LogP contribution in [0, 0.1) is 11.8 Å². The summed E-state index contributed by atoms with van der Waals surface area (Å²) < 4.78 is 10.9. The Hall–Kier alpha value is -5.46. The smallest absolute Gasteiger partial charge is 0.355 e. The predicted octanol–water partition coefficient (Wildman–Crippen LogP) is 1.90. The standard InChI is InChI=1S/C44H47N3O13/c48-21-27-8-4-5-14-42(27,26-6-2-1-3-7-26)30-13-15-43(41(56)57)37(30)29-18-33(51)34(59-44(58)40(55)39(54)38(53)35(22-49)60-44)19-31(29)47(43)36(52)12-10-24-9-11-32(50)25(16-24)17-28-20-45-23-46-28/h1-3,6-7,9-13,15-16,18-20,27,30,35,37-40,48-51,53-55,58H,4-5,8,14,17,21-23H2,(H,56,57)/t27-,30-,35+,37-,38+,39-,40+,42-,43-,44+/m0/s1. The number of aliphatic hydroxyl groups excluding tert-OH is 5. The second-order valence-electron chi connectivity index (χ2n) is 16.1. The Labute approximate surface area is 344 Å². The monoisotopic (exact) mass is 825 g/mol. The number of carboxylic acid groups (broad SMARTS) is 1. The maximum Gasteiger partial charge on any atom is 0.355 e. The van der Waals surface area contributed by atoms with E-state index in [0.29, 0.717) is 36.3 Å². The summed E-state index contributed by atoms with van der Waals surface area (Å²) in [5.74, 6) is -8.55. The lowest BCUT2D eigenvalue weighted by Gasteiger charge is -2.50. The van der Waals surface area contributed by atoms with Gasteiger partial charge < -0.3 is 55.4 Å². The van der Waals surface area contributed by atoms with Crippen molar-refractivity contribution in [2.24, 2.45) is 21.8 Å². The van der Waals surface area contributed by atoms with E-state index in [4.69, 9.17) is 9.47 Å². The SMILES string of the molecule is O=C(C=Cc1ccc(O)c(CC2=NCN=C2)c1)N1c2cc(O[C@@]3(O)O[C@H](CO)[C@@H](O)[C@H](O)[C@H]3O)c(O)cc2[C@H]2[C@@H]([C@]3(c4ccccc4)CCCC[C@H]3CO)C=C[C@@]21C(=O)O. The molecule has 0 bridgehead atoms. The van der Waals surface area contributed by atoms with Gasteiger partial charge in [-0.05, 0) is 65.6 Å². The largest absolute Gasteiger partial charge is 0.508 e. The summed E-state index contributed by atoms with van der Waals surface area (Å²) in [6, 6.07) is 16.6. The van der Waals surface area contributed by atoms with Gasteiger partial charge in [-0.25, -0.2) is 4.79 Å². The van der Waals surface area contributed by atoms with Crippen molar-refractivity contribution in [3.8, 4) is 17.2 Å². The first-order chi connectivity index (χ1) is 28.8. The molecule has 0 spiro atoms. The number of phenolic OH excluding ortho intramolecular Hbond substituents is 2. The van der Waals surface area contributed by atoms with Crippen LogP contribution in [0.5, 0.6) is 17.2 Å². The molecule has 1 amide bonds. The normalized spacial score (nSPS) is 33.2. The van der Waals surface area contributed by atoms with Gasteiger partial charge in [0.1, 0.15) is 30.7 Å². The van der Waals surface area contributed by atoms with Gasteiger partial charge >= 0.3 is 11.9 Å². The zero-order valence-electron chi connectivity index (χ0n) is 32.4. The Kier molecular flexibility index (Phi) is 10.9. The molecule has 0 aromatic heterocycles. The van der Waals surface area contributed by atoms with E-state index in [-0.39, 0.29) is 35.9 Å². The minimum absolute atomic E-state index is 0.00869. The van der Waals surface area contributed by atoms with E-state index in [9.17, 15) is 55.5 Å². The number of nitrogens with zero attached hydrogens (tertiary/aromatic N) is 3. The number of aliphatic imine (C=N–C) groups is 2. The third kappa shape index (κ3) is 6.59. The third-order valence-electron chi connectivity index (χ3n) is 12.9. The lowest BCUT2D eigenvalue weighted by atomic mass is 9.53. The van der Waals surface area contributed by atoms with E-state index in [1.165, 1.54) is 30.4 Å². The Morgan fingerprint density at radius 3 is 2.45 bits per heavy atom. The van der Waals surface area contributed by atoms with Crippen molar-refractivity contribution >= 4 is 35.6 Å². The lowest BCUT2D eigenvalue weighted by molar-refractivity contribution is -0.422. The van der Waals surface area contributed by atoms with Gasteiger partial charge in [0.05, 0.1) is 18.0 Å². The third-order valence-corrected chi connectivity index (χ3v) is 12.9. The van der Waals surface area contributed by atoms with Crippen LogP contribution in [0.2, 0.25) is 0 Å². The lowest BCUT2D eigenvalue weighted by Crippen LogP contribution is -2.67. The van der Waals surface area contributed by atoms with Crippen molar-refractivity contribution in [3.05, 3.63) is 101 Å². The molecule has 8 rings (SSSR count). The number of anilines is 1. The molecule has 9 N–H and O–H groups in total. The zero-order chi connectivity index (χ0) is 42.6. The molecule has 5 aliphatic rings. The van der Waals surface area contributed by atoms with E-state index in [2.05, 4.69) is 9.98 Å². The number of carbonyl (C=O) groups is 2. The van der Waals surface area contributed by atoms with Gasteiger partial charge in [-0.2, -0.15) is 0 Å². The summed E-state index contributed by atoms with van der Waals surface area (Å²) in [7, 11) is 0. The number of aromatic hydroxyl groups is 2. The average molecular weight is 826 g/mol. The molecule has 0 radical (unpaired) electrons. The van der Waals surface area contributed by atoms with Crippen LogP contribution in [-0.4, -0.2) is 126 Å². The Morgan fingerprint density at radius 1 is 0.967 bits per heavy atom. The second kappa shape index (κ2) is 15.9. The molecule has 10 atom stereocenters. The Morgan fingerprint density at radius 2 is 1.75 bits per heavy atom. The van der Waals surface area contributed by atoms with Crippen LogP contribution < -0.4 is 9.64 Å². The molecule has 16 heteroatoms. The maximum atomic E-state index is 14.8. The average Bonchev–Trinajstić information content (AvgIpc) is 3.98. The first-order valence-corrected chi connectivity index (χ1v) is 19.9. The summed E-state index contributed by atoms with van der Waals surface area (Å²) in [4.78, 5) is 38.2. The van der Waals surface area contributed by atoms with Crippen LogP contribution in [0.3, 0.4) is 0 Å². The van der Waals surface area contributed by atoms with Crippen molar-refractivity contribution in [2.75, 3.05) is 24.8 Å². The van der Waals surface area contributed by atoms with Crippen LogP contribution in [0.4, 0.5) is 5.69 Å². The van der Waals surface area contributed by atoms with Gasteiger partial charge in [-0.15, -0.1) is 0 Å². The van der Waals surface area contributed by atoms with Gasteiger partial charge in [-0.3, -0.25) is 19.7 Å². The number of phenols is 2. The molecule has 0 unspecified atom stereocenters. The quantitative estimate of drug-likeness (QED) is 0.0761. The summed E-state index contributed by atoms with van der Waals surface area (Å²) in [6.45, 7) is -0.795. The molecule has 3 aromatic rings. The molecule has 1 saturated heterocycles. The summed E-state index contributed by atoms with van der Waals surface area (Å²) in [5.41, 5.74) is -0.129. The second-order valence-corrected chi connectivity index (χ2v) is 16.1. The fraction of sp³-hybridized carbons (Fsp3) is 0.409. The number of allylic oxidation sites excluding steroid dienone is 1. The molecular formula is C44H47N3O13. The topological polar surface area (TPSA) is 263 Å². The minimum atomic E-state index is -3.14. The van der Waals surface area contributed by atoms with Crippen molar-refractivity contribution < 1.29 is 65.0 Å². The number of hydrogen-bond donors (Lipinski definition) is 9. The Bertz CT molecular complexity index is 2280. The van der Waals surface area contributed by atoms with E-state index < -0.39 is 83.2 Å². The summed E-state index contributed by atoms with van der Waals surface area (Å²) in [5, 5.41) is 97.2. The van der Waals surface area contributed by atoms with Crippen LogP contribution in [0.15, 0.2) is 88.9 Å². The highest BCUT2D eigenvalue weighted by atomic mass is 16.8. The van der Waals surface area contributed by atoms with Crippen molar-refractivity contribution in [3.63, 3.8) is 0 Å². The van der Waals surface area contributed by atoms with Crippen molar-refractivity contribution in [2.45, 2.75) is 79.4 Å². The molecule has 3 aromatic carbocycles. The van der Waals surface area contributed by atoms with Crippen LogP contribution >= 0.6 is 0 Å². The molecule has 316 valence electrons. The van der Waals surface area contributed by atoms with Gasteiger partial charge in [0, 0.05) is 48.3 Å². The van der Waals surface area contributed by atoms with Crippen molar-refractivity contribution in [1.82, 2.24) is 0 Å². The summed E-state index contributed by atoms with van der Waals surface area (Å²) >= 11 is 0. The number of aliphatic carboxylic acids is 1. The van der Waals surface area contributed by atoms with Crippen LogP contribution in [0.1, 0.15) is 53.9 Å². The molecule has 1 saturated carbocycles. The highest BCUT2D eigenvalue weighted by Crippen LogP contribution is 2.65. The van der Waals surface area contributed by atoms with E-state index in [1.54, 1.807) is 24.4 Å². The number of amides is 1. The highest BCUT2D eigenvalue weighted by molar-refractivity contribution is 6.32. The predicted molar refractivity (Wildman–Crippen MR) is 216 cm³/mol. The zero-order valence-corrected chi connectivity index (χ0v) is 32.4. The van der Waals surface area contributed by atoms with E-state index >= 15 is 0 Å². The fourth-order valence-corrected chi connectivity index (χ4v) is 10.1. The molecule has 2 fully saturated rings. The number of carboxylic acids is 1. The number of hydrogen-bond acceptors (Lipinski definition) is 14. The number of carbonyl (C=O) groups excluding carboxylic acids is 1. The first kappa shape index (κ1) is 41.3. The molecule has 3 heterocycles. The van der Waals surface area contributed by atoms with Gasteiger partial charge in [0.15, 0.2) is 23.1 Å². The Balaban J connectivity index is 1.26. The number of fused-ring (bicyclic) bond motifs is 3. The highest BCUT2D eigenvalue weighted by Gasteiger charge is 2.67. The fourth-order valence-electron chi connectivity index (χ4n) is 10.1. The number of ether oxygens (including phenoxy) is 2. The van der Waals surface area contributed by atoms with Gasteiger partial charge in [0.25, 0.3) is 5.91 Å². The molecule has 16 nitrogen and oxygen atoms in total. The molecule has 60 heavy (non-hydrogen) atoms. The molecular weight excluding hydrogens is 778 g/mol. The molecule has 2 aliphatic carbocycles. The number of aliphatic hydroxyl groups is 6.